The van der Waals surface area contributed by atoms with Gasteiger partial charge in [0, 0.05) is 18.3 Å². The summed E-state index contributed by atoms with van der Waals surface area (Å²) in [7, 11) is 1.89. The van der Waals surface area contributed by atoms with Gasteiger partial charge in [-0.05, 0) is 49.9 Å². The second kappa shape index (κ2) is 4.96. The number of anilines is 1. The number of carbonyl (C=O) groups is 1. The summed E-state index contributed by atoms with van der Waals surface area (Å²) in [6, 6.07) is 7.52. The molecule has 1 fully saturated rings. The lowest BCUT2D eigenvalue weighted by atomic mass is 9.96. The van der Waals surface area contributed by atoms with Gasteiger partial charge in [0.15, 0.2) is 5.82 Å². The van der Waals surface area contributed by atoms with Crippen molar-refractivity contribution >= 4 is 11.6 Å². The Morgan fingerprint density at radius 1 is 1.38 bits per heavy atom. The van der Waals surface area contributed by atoms with E-state index in [0.717, 1.165) is 29.9 Å². The number of nitrogens with two attached hydrogens (primary N) is 1. The summed E-state index contributed by atoms with van der Waals surface area (Å²) in [5.41, 5.74) is 7.01. The van der Waals surface area contributed by atoms with Gasteiger partial charge in [-0.1, -0.05) is 0 Å². The predicted octanol–water partition coefficient (Wildman–Crippen LogP) is 1.55. The van der Waals surface area contributed by atoms with Crippen molar-refractivity contribution in [1.82, 2.24) is 14.8 Å². The van der Waals surface area contributed by atoms with Gasteiger partial charge in [-0.25, -0.2) is 0 Å². The van der Waals surface area contributed by atoms with Gasteiger partial charge in [0.05, 0.1) is 5.54 Å². The van der Waals surface area contributed by atoms with Gasteiger partial charge in [0.1, 0.15) is 6.33 Å². The lowest BCUT2D eigenvalue weighted by Crippen LogP contribution is -2.50. The molecule has 1 amide bonds. The molecule has 0 bridgehead atoms. The summed E-state index contributed by atoms with van der Waals surface area (Å²) >= 11 is 0. The average Bonchev–Trinajstić information content (AvgIpc) is 3.23. The number of carbonyl (C=O) groups excluding carboxylic acids is 1. The summed E-state index contributed by atoms with van der Waals surface area (Å²) in [6.07, 6.45) is 3.72. The van der Waals surface area contributed by atoms with E-state index in [1.165, 1.54) is 0 Å². The summed E-state index contributed by atoms with van der Waals surface area (Å²) < 4.78 is 1.84. The number of hydrogen-bond acceptors (Lipinski definition) is 4. The lowest BCUT2D eigenvalue weighted by molar-refractivity contribution is -0.121. The molecule has 0 aliphatic heterocycles. The van der Waals surface area contributed by atoms with Crippen LogP contribution >= 0.6 is 0 Å². The second-order valence-corrected chi connectivity index (χ2v) is 5.85. The Morgan fingerprint density at radius 2 is 2.05 bits per heavy atom. The van der Waals surface area contributed by atoms with Gasteiger partial charge in [0.2, 0.25) is 5.91 Å². The van der Waals surface area contributed by atoms with E-state index in [9.17, 15) is 4.79 Å². The highest BCUT2D eigenvalue weighted by molar-refractivity contribution is 5.98. The van der Waals surface area contributed by atoms with E-state index < -0.39 is 5.54 Å². The Bertz CT molecular complexity index is 655. The van der Waals surface area contributed by atoms with Crippen molar-refractivity contribution in [1.29, 1.82) is 0 Å². The number of amides is 1. The molecule has 6 nitrogen and oxygen atoms in total. The Labute approximate surface area is 123 Å². The maximum Gasteiger partial charge on any atom is 0.244 e. The zero-order valence-corrected chi connectivity index (χ0v) is 12.2. The molecule has 1 aromatic heterocycles. The van der Waals surface area contributed by atoms with Crippen molar-refractivity contribution in [2.24, 2.45) is 18.7 Å². The molecule has 0 spiro atoms. The summed E-state index contributed by atoms with van der Waals surface area (Å²) in [5, 5.41) is 10.8. The molecule has 1 aliphatic rings. The first kappa shape index (κ1) is 13.8. The number of aromatic nitrogens is 3. The van der Waals surface area contributed by atoms with Crippen molar-refractivity contribution in [3.05, 3.63) is 30.6 Å². The number of aryl methyl sites for hydroxylation is 1. The number of benzene rings is 1. The summed E-state index contributed by atoms with van der Waals surface area (Å²) in [6.45, 7) is 1.80. The van der Waals surface area contributed by atoms with Crippen molar-refractivity contribution in [2.45, 2.75) is 25.3 Å². The minimum absolute atomic E-state index is 0.128. The van der Waals surface area contributed by atoms with Gasteiger partial charge in [-0.2, -0.15) is 0 Å². The molecule has 1 aromatic carbocycles. The number of nitrogens with one attached hydrogen (secondary N) is 1. The third kappa shape index (κ3) is 2.67. The van der Waals surface area contributed by atoms with Crippen LogP contribution in [0.2, 0.25) is 0 Å². The molecular weight excluding hydrogens is 266 g/mol. The first-order chi connectivity index (χ1) is 9.98. The zero-order valence-electron chi connectivity index (χ0n) is 12.2. The van der Waals surface area contributed by atoms with Gasteiger partial charge in [-0.15, -0.1) is 10.2 Å². The minimum Gasteiger partial charge on any atom is -0.324 e. The monoisotopic (exact) mass is 285 g/mol. The van der Waals surface area contributed by atoms with Crippen LogP contribution in [-0.4, -0.2) is 26.2 Å². The molecule has 2 aromatic rings. The van der Waals surface area contributed by atoms with Crippen LogP contribution in [0, 0.1) is 5.92 Å². The SMILES string of the molecule is Cn1cnnc1-c1ccc(NC(=O)C(C)(N)C2CC2)cc1. The van der Waals surface area contributed by atoms with E-state index in [0.29, 0.717) is 5.92 Å². The standard InChI is InChI=1S/C15H19N5O/c1-15(16,11-5-6-11)14(21)18-12-7-3-10(4-8-12)13-19-17-9-20(13)2/h3-4,7-9,11H,5-6,16H2,1-2H3,(H,18,21). The van der Waals surface area contributed by atoms with E-state index in [1.807, 2.05) is 35.9 Å². The fraction of sp³-hybridized carbons (Fsp3) is 0.400. The van der Waals surface area contributed by atoms with E-state index >= 15 is 0 Å². The van der Waals surface area contributed by atoms with Crippen LogP contribution in [0.5, 0.6) is 0 Å². The Hall–Kier alpha value is -2.21. The number of rotatable bonds is 4. The van der Waals surface area contributed by atoms with Crippen LogP contribution in [0.4, 0.5) is 5.69 Å². The fourth-order valence-corrected chi connectivity index (χ4v) is 2.38. The summed E-state index contributed by atoms with van der Waals surface area (Å²) in [5.74, 6) is 0.960. The highest BCUT2D eigenvalue weighted by Gasteiger charge is 2.44. The zero-order chi connectivity index (χ0) is 15.0. The topological polar surface area (TPSA) is 85.8 Å². The quantitative estimate of drug-likeness (QED) is 0.892. The molecule has 1 unspecified atom stereocenters. The molecular formula is C15H19N5O. The van der Waals surface area contributed by atoms with Crippen LogP contribution in [0.15, 0.2) is 30.6 Å². The molecule has 1 saturated carbocycles. The van der Waals surface area contributed by atoms with E-state index in [-0.39, 0.29) is 5.91 Å². The van der Waals surface area contributed by atoms with Crippen LogP contribution in [0.3, 0.4) is 0 Å². The van der Waals surface area contributed by atoms with Gasteiger partial charge in [-0.3, -0.25) is 4.79 Å². The molecule has 21 heavy (non-hydrogen) atoms. The first-order valence-corrected chi connectivity index (χ1v) is 7.03. The van der Waals surface area contributed by atoms with Crippen molar-refractivity contribution < 1.29 is 4.79 Å². The van der Waals surface area contributed by atoms with Crippen molar-refractivity contribution in [3.63, 3.8) is 0 Å². The molecule has 1 atom stereocenters. The molecule has 6 heteroatoms. The molecule has 1 heterocycles. The Kier molecular flexibility index (Phi) is 3.25. The molecule has 3 rings (SSSR count). The Morgan fingerprint density at radius 3 is 2.57 bits per heavy atom. The number of nitrogens with zero attached hydrogens (tertiary/aromatic N) is 3. The van der Waals surface area contributed by atoms with Crippen LogP contribution in [-0.2, 0) is 11.8 Å². The largest absolute Gasteiger partial charge is 0.324 e. The van der Waals surface area contributed by atoms with Crippen molar-refractivity contribution in [2.75, 3.05) is 5.32 Å². The maximum absolute atomic E-state index is 12.2. The van der Waals surface area contributed by atoms with E-state index in [4.69, 9.17) is 5.73 Å². The van der Waals surface area contributed by atoms with Crippen LogP contribution in [0.1, 0.15) is 19.8 Å². The lowest BCUT2D eigenvalue weighted by Gasteiger charge is -2.23. The van der Waals surface area contributed by atoms with Gasteiger partial charge in [0.25, 0.3) is 0 Å². The van der Waals surface area contributed by atoms with E-state index in [1.54, 1.807) is 13.3 Å². The molecule has 110 valence electrons. The smallest absolute Gasteiger partial charge is 0.244 e. The molecule has 0 saturated heterocycles. The fourth-order valence-electron chi connectivity index (χ4n) is 2.38. The molecule has 3 N–H and O–H groups in total. The average molecular weight is 285 g/mol. The third-order valence-corrected chi connectivity index (χ3v) is 4.03. The molecule has 0 radical (unpaired) electrons. The third-order valence-electron chi connectivity index (χ3n) is 4.03. The van der Waals surface area contributed by atoms with Crippen LogP contribution in [0.25, 0.3) is 11.4 Å². The highest BCUT2D eigenvalue weighted by Crippen LogP contribution is 2.38. The highest BCUT2D eigenvalue weighted by atomic mass is 16.2. The van der Waals surface area contributed by atoms with Gasteiger partial charge < -0.3 is 15.6 Å². The van der Waals surface area contributed by atoms with Gasteiger partial charge >= 0.3 is 0 Å². The van der Waals surface area contributed by atoms with E-state index in [2.05, 4.69) is 15.5 Å². The Balaban J connectivity index is 1.73. The number of hydrogen-bond donors (Lipinski definition) is 2. The maximum atomic E-state index is 12.2. The van der Waals surface area contributed by atoms with Crippen molar-refractivity contribution in [3.8, 4) is 11.4 Å². The summed E-state index contributed by atoms with van der Waals surface area (Å²) in [4.78, 5) is 12.2. The normalized spacial score (nSPS) is 17.3. The first-order valence-electron chi connectivity index (χ1n) is 7.03. The molecule has 1 aliphatic carbocycles. The predicted molar refractivity (Wildman–Crippen MR) is 80.4 cm³/mol. The second-order valence-electron chi connectivity index (χ2n) is 5.85. The van der Waals surface area contributed by atoms with Crippen LogP contribution < -0.4 is 11.1 Å². The minimum atomic E-state index is -0.789.